The molecular formula is C26H21F3N4O2. The summed E-state index contributed by atoms with van der Waals surface area (Å²) in [5.74, 6) is 0.265. The maximum absolute atomic E-state index is 12.9. The van der Waals surface area contributed by atoms with E-state index >= 15 is 0 Å². The summed E-state index contributed by atoms with van der Waals surface area (Å²) in [5.41, 5.74) is 2.19. The van der Waals surface area contributed by atoms with Crippen molar-refractivity contribution < 1.29 is 22.7 Å². The number of anilines is 2. The smallest absolute Gasteiger partial charge is 0.416 e. The molecule has 4 aromatic rings. The third-order valence-corrected chi connectivity index (χ3v) is 5.08. The number of aromatic nitrogens is 2. The lowest BCUT2D eigenvalue weighted by Gasteiger charge is -2.12. The molecule has 6 nitrogen and oxygen atoms in total. The van der Waals surface area contributed by atoms with Crippen LogP contribution in [-0.2, 0) is 11.0 Å². The zero-order valence-electron chi connectivity index (χ0n) is 18.6. The maximum Gasteiger partial charge on any atom is 0.416 e. The summed E-state index contributed by atoms with van der Waals surface area (Å²) in [6, 6.07) is 23.2. The molecule has 0 unspecified atom stereocenters. The molecule has 178 valence electrons. The van der Waals surface area contributed by atoms with Crippen molar-refractivity contribution in [2.75, 3.05) is 24.3 Å². The predicted molar refractivity (Wildman–Crippen MR) is 128 cm³/mol. The monoisotopic (exact) mass is 478 g/mol. The molecule has 0 saturated carbocycles. The minimum atomic E-state index is -4.47. The number of carbonyl (C=O) groups excluding carboxylic acids is 1. The van der Waals surface area contributed by atoms with Crippen molar-refractivity contribution in [2.45, 2.75) is 6.18 Å². The number of methoxy groups -OCH3 is 1. The molecule has 1 amide bonds. The molecule has 0 spiro atoms. The van der Waals surface area contributed by atoms with E-state index in [1.54, 1.807) is 19.2 Å². The number of ether oxygens (including phenoxy) is 1. The minimum Gasteiger partial charge on any atom is -0.497 e. The van der Waals surface area contributed by atoms with Gasteiger partial charge >= 0.3 is 6.18 Å². The number of amides is 1. The van der Waals surface area contributed by atoms with Crippen molar-refractivity contribution in [3.05, 3.63) is 90.5 Å². The van der Waals surface area contributed by atoms with E-state index in [1.165, 1.54) is 12.1 Å². The van der Waals surface area contributed by atoms with E-state index in [0.29, 0.717) is 17.1 Å². The van der Waals surface area contributed by atoms with Crippen LogP contribution in [0.1, 0.15) is 5.56 Å². The third-order valence-electron chi connectivity index (χ3n) is 5.08. The summed E-state index contributed by atoms with van der Waals surface area (Å²) in [6.45, 7) is -0.266. The lowest BCUT2D eigenvalue weighted by molar-refractivity contribution is -0.137. The Morgan fingerprint density at radius 2 is 1.51 bits per heavy atom. The normalized spacial score (nSPS) is 11.1. The second kappa shape index (κ2) is 10.3. The average Bonchev–Trinajstić information content (AvgIpc) is 2.87. The average molecular weight is 478 g/mol. The Balaban J connectivity index is 1.55. The first-order valence-electron chi connectivity index (χ1n) is 10.6. The lowest BCUT2D eigenvalue weighted by atomic mass is 10.1. The number of hydrogen-bond acceptors (Lipinski definition) is 5. The van der Waals surface area contributed by atoms with Gasteiger partial charge in [-0.25, -0.2) is 9.97 Å². The standard InChI is InChI=1S/C26H21F3N4O2/c1-35-21-12-10-18(11-13-21)23-15-22(17-6-3-2-4-7-17)31-25(32-23)33-24(34)16-30-20-9-5-8-19(14-20)26(27,28)29/h2-15,30H,16H2,1H3,(H,31,32,33,34). The van der Waals surface area contributed by atoms with Crippen LogP contribution < -0.4 is 15.4 Å². The molecule has 0 radical (unpaired) electrons. The van der Waals surface area contributed by atoms with Crippen molar-refractivity contribution in [3.8, 4) is 28.3 Å². The zero-order valence-corrected chi connectivity index (χ0v) is 18.6. The Morgan fingerprint density at radius 1 is 0.857 bits per heavy atom. The van der Waals surface area contributed by atoms with Crippen LogP contribution in [0.2, 0.25) is 0 Å². The van der Waals surface area contributed by atoms with Gasteiger partial charge in [0.25, 0.3) is 0 Å². The fourth-order valence-corrected chi connectivity index (χ4v) is 3.33. The van der Waals surface area contributed by atoms with Gasteiger partial charge in [-0.15, -0.1) is 0 Å². The first-order chi connectivity index (χ1) is 16.8. The minimum absolute atomic E-state index is 0.0769. The van der Waals surface area contributed by atoms with Gasteiger partial charge in [0.15, 0.2) is 0 Å². The Morgan fingerprint density at radius 3 is 2.14 bits per heavy atom. The summed E-state index contributed by atoms with van der Waals surface area (Å²) in [6.07, 6.45) is -4.47. The number of benzene rings is 3. The molecule has 0 bridgehead atoms. The number of nitrogens with zero attached hydrogens (tertiary/aromatic N) is 2. The van der Waals surface area contributed by atoms with Crippen LogP contribution in [0.5, 0.6) is 5.75 Å². The van der Waals surface area contributed by atoms with Gasteiger partial charge in [0.05, 0.1) is 30.6 Å². The van der Waals surface area contributed by atoms with Gasteiger partial charge in [0, 0.05) is 16.8 Å². The van der Waals surface area contributed by atoms with Gasteiger partial charge in [-0.2, -0.15) is 13.2 Å². The summed E-state index contributed by atoms with van der Waals surface area (Å²) in [4.78, 5) is 21.5. The zero-order chi connectivity index (χ0) is 24.8. The fourth-order valence-electron chi connectivity index (χ4n) is 3.33. The van der Waals surface area contributed by atoms with Gasteiger partial charge < -0.3 is 10.1 Å². The van der Waals surface area contributed by atoms with E-state index < -0.39 is 17.6 Å². The molecule has 0 aliphatic rings. The molecule has 0 aliphatic heterocycles. The molecule has 9 heteroatoms. The Bertz CT molecular complexity index is 1310. The predicted octanol–water partition coefficient (Wildman–Crippen LogP) is 5.89. The van der Waals surface area contributed by atoms with Crippen LogP contribution >= 0.6 is 0 Å². The number of alkyl halides is 3. The van der Waals surface area contributed by atoms with Crippen molar-refractivity contribution in [3.63, 3.8) is 0 Å². The number of nitrogens with one attached hydrogen (secondary N) is 2. The number of halogens is 3. The van der Waals surface area contributed by atoms with E-state index in [1.807, 2.05) is 48.5 Å². The summed E-state index contributed by atoms with van der Waals surface area (Å²) >= 11 is 0. The van der Waals surface area contributed by atoms with Crippen LogP contribution in [0.3, 0.4) is 0 Å². The molecule has 0 saturated heterocycles. The van der Waals surface area contributed by atoms with Crippen molar-refractivity contribution >= 4 is 17.5 Å². The number of rotatable bonds is 7. The second-order valence-electron chi connectivity index (χ2n) is 7.54. The van der Waals surface area contributed by atoms with Crippen LogP contribution in [0.4, 0.5) is 24.8 Å². The van der Waals surface area contributed by atoms with E-state index in [4.69, 9.17) is 4.74 Å². The molecule has 2 N–H and O–H groups in total. The lowest BCUT2D eigenvalue weighted by Crippen LogP contribution is -2.23. The summed E-state index contributed by atoms with van der Waals surface area (Å²) in [7, 11) is 1.58. The Kier molecular flexibility index (Phi) is 6.96. The van der Waals surface area contributed by atoms with Crippen LogP contribution in [0.15, 0.2) is 84.9 Å². The van der Waals surface area contributed by atoms with Crippen molar-refractivity contribution in [2.24, 2.45) is 0 Å². The van der Waals surface area contributed by atoms with Crippen molar-refractivity contribution in [1.29, 1.82) is 0 Å². The van der Waals surface area contributed by atoms with Crippen LogP contribution in [0.25, 0.3) is 22.5 Å². The second-order valence-corrected chi connectivity index (χ2v) is 7.54. The van der Waals surface area contributed by atoms with Crippen molar-refractivity contribution in [1.82, 2.24) is 9.97 Å². The highest BCUT2D eigenvalue weighted by Crippen LogP contribution is 2.30. The van der Waals surface area contributed by atoms with E-state index in [-0.39, 0.29) is 18.2 Å². The highest BCUT2D eigenvalue weighted by atomic mass is 19.4. The molecule has 1 heterocycles. The summed E-state index contributed by atoms with van der Waals surface area (Å²) in [5, 5.41) is 5.33. The number of hydrogen-bond donors (Lipinski definition) is 2. The SMILES string of the molecule is COc1ccc(-c2cc(-c3ccccc3)nc(NC(=O)CNc3cccc(C(F)(F)F)c3)n2)cc1. The van der Waals surface area contributed by atoms with Gasteiger partial charge in [0.2, 0.25) is 11.9 Å². The highest BCUT2D eigenvalue weighted by Gasteiger charge is 2.30. The molecule has 35 heavy (non-hydrogen) atoms. The molecule has 1 aromatic heterocycles. The van der Waals surface area contributed by atoms with Gasteiger partial charge in [-0.05, 0) is 48.5 Å². The Hall–Kier alpha value is -4.40. The maximum atomic E-state index is 12.9. The highest BCUT2D eigenvalue weighted by molar-refractivity contribution is 5.92. The van der Waals surface area contributed by atoms with E-state index in [0.717, 1.165) is 23.3 Å². The van der Waals surface area contributed by atoms with E-state index in [9.17, 15) is 18.0 Å². The Labute approximate surface area is 199 Å². The first-order valence-corrected chi connectivity index (χ1v) is 10.6. The van der Waals surface area contributed by atoms with Crippen LogP contribution in [-0.4, -0.2) is 29.5 Å². The third kappa shape index (κ3) is 6.14. The van der Waals surface area contributed by atoms with Gasteiger partial charge in [-0.3, -0.25) is 10.1 Å². The van der Waals surface area contributed by atoms with E-state index in [2.05, 4.69) is 20.6 Å². The molecule has 0 atom stereocenters. The topological polar surface area (TPSA) is 76.1 Å². The number of carbonyl (C=O) groups is 1. The largest absolute Gasteiger partial charge is 0.497 e. The van der Waals surface area contributed by atoms with Crippen LogP contribution in [0, 0.1) is 0 Å². The summed E-state index contributed by atoms with van der Waals surface area (Å²) < 4.78 is 44.0. The molecule has 3 aromatic carbocycles. The first kappa shape index (κ1) is 23.7. The molecular weight excluding hydrogens is 457 g/mol. The molecule has 4 rings (SSSR count). The fraction of sp³-hybridized carbons (Fsp3) is 0.115. The van der Waals surface area contributed by atoms with Gasteiger partial charge in [0.1, 0.15) is 5.75 Å². The molecule has 0 aliphatic carbocycles. The van der Waals surface area contributed by atoms with Gasteiger partial charge in [-0.1, -0.05) is 36.4 Å². The quantitative estimate of drug-likeness (QED) is 0.347. The molecule has 0 fully saturated rings.